The van der Waals surface area contributed by atoms with Crippen LogP contribution in [0.2, 0.25) is 0 Å². The maximum atomic E-state index is 12.0. The summed E-state index contributed by atoms with van der Waals surface area (Å²) in [4.78, 5) is 41.8. The fourth-order valence-electron chi connectivity index (χ4n) is 8.29. The van der Waals surface area contributed by atoms with Crippen LogP contribution in [-0.4, -0.2) is 114 Å². The summed E-state index contributed by atoms with van der Waals surface area (Å²) in [7, 11) is 4.32. The van der Waals surface area contributed by atoms with E-state index in [4.69, 9.17) is 34.4 Å². The Morgan fingerprint density at radius 2 is 1.10 bits per heavy atom. The van der Waals surface area contributed by atoms with E-state index in [-0.39, 0.29) is 0 Å². The van der Waals surface area contributed by atoms with Crippen LogP contribution in [-0.2, 0) is 36.8 Å². The number of amides is 2. The summed E-state index contributed by atoms with van der Waals surface area (Å²) in [5, 5.41) is 5.37. The van der Waals surface area contributed by atoms with Crippen molar-refractivity contribution in [1.82, 2.24) is 24.8 Å². The van der Waals surface area contributed by atoms with Gasteiger partial charge in [-0.1, -0.05) is 44.4 Å². The average molecular weight is 929 g/mol. The molecule has 0 radical (unpaired) electrons. The third-order valence-electron chi connectivity index (χ3n) is 12.6. The van der Waals surface area contributed by atoms with Gasteiger partial charge in [-0.15, -0.1) is 0 Å². The lowest BCUT2D eigenvalue weighted by atomic mass is 9.96. The maximum Gasteiger partial charge on any atom is 0.413 e. The molecule has 3 aromatic rings. The lowest BCUT2D eigenvalue weighted by molar-refractivity contribution is 0.0624. The third-order valence-corrected chi connectivity index (χ3v) is 12.6. The molecule has 3 aliphatic carbocycles. The number of aromatic nitrogens is 3. The number of nitrogens with zero attached hydrogens (tertiary/aromatic N) is 5. The molecule has 370 valence electrons. The largest absolute Gasteiger partial charge is 0.444 e. The van der Waals surface area contributed by atoms with Gasteiger partial charge in [0, 0.05) is 68.9 Å². The number of nitrogens with one attached hydrogen (secondary N) is 2. The summed E-state index contributed by atoms with van der Waals surface area (Å²) >= 11 is 0. The van der Waals surface area contributed by atoms with Crippen molar-refractivity contribution >= 4 is 29.6 Å². The monoisotopic (exact) mass is 929 g/mol. The van der Waals surface area contributed by atoms with Crippen LogP contribution in [0.5, 0.6) is 0 Å². The van der Waals surface area contributed by atoms with Gasteiger partial charge in [-0.2, -0.15) is 0 Å². The highest BCUT2D eigenvalue weighted by Crippen LogP contribution is 2.34. The number of pyridine rings is 3. The molecule has 3 unspecified atom stereocenters. The second kappa shape index (κ2) is 24.2. The number of nitrogen functional groups attached to an aromatic ring is 1. The van der Waals surface area contributed by atoms with Gasteiger partial charge >= 0.3 is 12.2 Å². The Morgan fingerprint density at radius 3 is 1.51 bits per heavy atom. The second-order valence-electron chi connectivity index (χ2n) is 21.1. The van der Waals surface area contributed by atoms with Crippen molar-refractivity contribution < 1.29 is 33.3 Å². The summed E-state index contributed by atoms with van der Waals surface area (Å²) in [5.74, 6) is 4.11. The lowest BCUT2D eigenvalue weighted by Crippen LogP contribution is -2.28. The molecule has 9 rings (SSSR count). The molecule has 6 heterocycles. The highest BCUT2D eigenvalue weighted by atomic mass is 16.6. The Bertz CT molecular complexity index is 2010. The zero-order chi connectivity index (χ0) is 48.1. The van der Waals surface area contributed by atoms with Crippen LogP contribution in [0.3, 0.4) is 0 Å². The quantitative estimate of drug-likeness (QED) is 0.157. The van der Waals surface area contributed by atoms with Crippen LogP contribution in [0.1, 0.15) is 159 Å². The van der Waals surface area contributed by atoms with Gasteiger partial charge in [0.15, 0.2) is 0 Å². The molecule has 3 aliphatic heterocycles. The predicted molar refractivity (Wildman–Crippen MR) is 263 cm³/mol. The molecule has 3 saturated heterocycles. The number of nitrogens with two attached hydrogens (primary N) is 1. The molecule has 3 atom stereocenters. The molecule has 4 N–H and O–H groups in total. The zero-order valence-corrected chi connectivity index (χ0v) is 41.9. The van der Waals surface area contributed by atoms with Gasteiger partial charge in [-0.25, -0.2) is 24.5 Å². The average Bonchev–Trinajstić information content (AvgIpc) is 4.24. The van der Waals surface area contributed by atoms with E-state index in [2.05, 4.69) is 63.6 Å². The minimum atomic E-state index is -0.528. The second-order valence-corrected chi connectivity index (χ2v) is 21.1. The first-order valence-corrected chi connectivity index (χ1v) is 24.8. The van der Waals surface area contributed by atoms with Gasteiger partial charge in [-0.05, 0) is 141 Å². The van der Waals surface area contributed by atoms with E-state index in [0.717, 1.165) is 101 Å². The molecule has 67 heavy (non-hydrogen) atoms. The minimum absolute atomic E-state index is 0.394. The number of rotatable bonds is 12. The van der Waals surface area contributed by atoms with Gasteiger partial charge in [0.25, 0.3) is 0 Å². The number of hydrogen-bond acceptors (Lipinski definition) is 13. The Hall–Kier alpha value is -4.41. The van der Waals surface area contributed by atoms with Gasteiger partial charge in [0.05, 0.1) is 31.2 Å². The minimum Gasteiger partial charge on any atom is -0.444 e. The van der Waals surface area contributed by atoms with Crippen LogP contribution in [0.15, 0.2) is 42.6 Å². The molecule has 2 amide bonds. The molecule has 0 bridgehead atoms. The van der Waals surface area contributed by atoms with E-state index in [9.17, 15) is 9.59 Å². The summed E-state index contributed by atoms with van der Waals surface area (Å²) in [6.07, 6.45) is 13.6. The molecular weight excluding hydrogens is 849 g/mol. The van der Waals surface area contributed by atoms with Crippen molar-refractivity contribution in [2.24, 2.45) is 5.92 Å². The van der Waals surface area contributed by atoms with Crippen LogP contribution in [0.25, 0.3) is 0 Å². The Labute approximate surface area is 400 Å². The molecule has 0 aromatic carbocycles. The normalized spacial score (nSPS) is 21.3. The Morgan fingerprint density at radius 1 is 0.642 bits per heavy atom. The molecule has 3 saturated carbocycles. The lowest BCUT2D eigenvalue weighted by Gasteiger charge is -2.22. The number of hydrogen-bond donors (Lipinski definition) is 3. The van der Waals surface area contributed by atoms with E-state index in [0.29, 0.717) is 41.2 Å². The van der Waals surface area contributed by atoms with Crippen molar-refractivity contribution in [3.63, 3.8) is 0 Å². The molecule has 6 fully saturated rings. The van der Waals surface area contributed by atoms with E-state index >= 15 is 0 Å². The highest BCUT2D eigenvalue weighted by Gasteiger charge is 2.30. The molecular formula is C52H80N8O7. The smallest absolute Gasteiger partial charge is 0.413 e. The van der Waals surface area contributed by atoms with Crippen LogP contribution < -0.4 is 16.4 Å². The zero-order valence-electron chi connectivity index (χ0n) is 41.9. The first-order chi connectivity index (χ1) is 31.9. The first kappa shape index (κ1) is 52.0. The Kier molecular flexibility index (Phi) is 18.8. The molecule has 6 aliphatic rings. The van der Waals surface area contributed by atoms with Gasteiger partial charge in [0.1, 0.15) is 28.7 Å². The predicted octanol–water partition coefficient (Wildman–Crippen LogP) is 10.0. The van der Waals surface area contributed by atoms with Gasteiger partial charge < -0.3 is 29.4 Å². The van der Waals surface area contributed by atoms with Crippen LogP contribution >= 0.6 is 0 Å². The number of carbonyl (C=O) groups is 2. The van der Waals surface area contributed by atoms with E-state index < -0.39 is 23.4 Å². The third kappa shape index (κ3) is 18.2. The van der Waals surface area contributed by atoms with Crippen molar-refractivity contribution in [3.05, 3.63) is 70.7 Å². The molecule has 3 aromatic heterocycles. The standard InChI is InChI=1S/C19H29N3O3.C14H21N3O.C14H20N2O3.C5H10/c1-19(2,3)25-18(23)21-17-8-7-15(13-9-10-24-12-13)16(20-17)11-22(4)14-5-6-14;1-17(11-2-3-11)8-13-12(4-5-14(15)16-13)10-6-7-18-9-10;1-14(2,3)19-13(17)16-12-5-4-10(8-15-12)11-6-7-18-9-11;1-2-5-3-4-5/h7-8,13-14H,5-6,9-12H2,1-4H3,(H,20,21,23);4-5,10-11H,2-3,6-9H2,1H3,(H2,15,16);4-5,8,11H,6-7,9H2,1-3H3,(H,15,16,17);5H,2-4H2,1H3. The van der Waals surface area contributed by atoms with E-state index in [1.54, 1.807) is 12.3 Å². The molecule has 15 heteroatoms. The summed E-state index contributed by atoms with van der Waals surface area (Å²) in [5.41, 5.74) is 10.7. The number of carbonyl (C=O) groups excluding carboxylic acids is 2. The summed E-state index contributed by atoms with van der Waals surface area (Å²) in [6, 6.07) is 13.2. The summed E-state index contributed by atoms with van der Waals surface area (Å²) in [6.45, 7) is 19.8. The topological polar surface area (TPSA) is 176 Å². The van der Waals surface area contributed by atoms with Gasteiger partial charge in [-0.3, -0.25) is 20.4 Å². The molecule has 0 spiro atoms. The summed E-state index contributed by atoms with van der Waals surface area (Å²) < 4.78 is 26.9. The first-order valence-electron chi connectivity index (χ1n) is 24.8. The number of ether oxygens (including phenoxy) is 5. The van der Waals surface area contributed by atoms with Crippen molar-refractivity contribution in [2.75, 3.05) is 70.1 Å². The van der Waals surface area contributed by atoms with Crippen molar-refractivity contribution in [2.45, 2.75) is 167 Å². The van der Waals surface area contributed by atoms with Crippen molar-refractivity contribution in [1.29, 1.82) is 0 Å². The van der Waals surface area contributed by atoms with Gasteiger partial charge in [0.2, 0.25) is 0 Å². The SMILES string of the molecule is CC(C)(C)OC(=O)Nc1ccc(C2CCOC2)cn1.CCC1CC1.CN(Cc1nc(N)ccc1C1CCOC1)C1CC1.CN(Cc1nc(NC(=O)OC(C)(C)C)ccc1C1CCOC1)C1CC1. The van der Waals surface area contributed by atoms with Crippen LogP contribution in [0.4, 0.5) is 27.0 Å². The number of anilines is 3. The highest BCUT2D eigenvalue weighted by molar-refractivity contribution is 5.84. The maximum absolute atomic E-state index is 12.0. The van der Waals surface area contributed by atoms with E-state index in [1.165, 1.54) is 56.1 Å². The van der Waals surface area contributed by atoms with Crippen molar-refractivity contribution in [3.8, 4) is 0 Å². The fraction of sp³-hybridized carbons (Fsp3) is 0.673. The fourth-order valence-corrected chi connectivity index (χ4v) is 8.29. The van der Waals surface area contributed by atoms with Crippen LogP contribution in [0, 0.1) is 5.92 Å². The Balaban J connectivity index is 0.000000159. The molecule has 15 nitrogen and oxygen atoms in total. The van der Waals surface area contributed by atoms with E-state index in [1.807, 2.05) is 59.7 Å².